The number of aryl methyl sites for hydroxylation is 1. The molecule has 1 fully saturated rings. The monoisotopic (exact) mass is 416 g/mol. The van der Waals surface area contributed by atoms with E-state index in [9.17, 15) is 4.79 Å². The summed E-state index contributed by atoms with van der Waals surface area (Å²) in [7, 11) is 0. The van der Waals surface area contributed by atoms with E-state index in [0.717, 1.165) is 73.9 Å². The van der Waals surface area contributed by atoms with E-state index in [1.54, 1.807) is 0 Å². The SMILES string of the molecule is O=C1CCc2cc(OCCN3CCN(Cc4ccc5ccccc5n4)CC3)ccc2N1. The highest BCUT2D eigenvalue weighted by molar-refractivity contribution is 5.94. The largest absolute Gasteiger partial charge is 0.492 e. The maximum absolute atomic E-state index is 11.5. The van der Waals surface area contributed by atoms with Gasteiger partial charge in [-0.3, -0.25) is 19.6 Å². The van der Waals surface area contributed by atoms with Crippen LogP contribution in [0, 0.1) is 0 Å². The number of nitrogens with zero attached hydrogens (tertiary/aromatic N) is 3. The molecule has 2 aliphatic rings. The fraction of sp³-hybridized carbons (Fsp3) is 0.360. The lowest BCUT2D eigenvalue weighted by Gasteiger charge is -2.34. The molecule has 31 heavy (non-hydrogen) atoms. The number of fused-ring (bicyclic) bond motifs is 2. The summed E-state index contributed by atoms with van der Waals surface area (Å²) in [5, 5.41) is 4.11. The normalized spacial score (nSPS) is 17.4. The molecule has 0 atom stereocenters. The van der Waals surface area contributed by atoms with Crippen molar-refractivity contribution in [2.45, 2.75) is 19.4 Å². The third-order valence-corrected chi connectivity index (χ3v) is 6.16. The number of pyridine rings is 1. The average Bonchev–Trinajstić information content (AvgIpc) is 2.80. The van der Waals surface area contributed by atoms with Gasteiger partial charge in [-0.25, -0.2) is 0 Å². The Morgan fingerprint density at radius 1 is 0.935 bits per heavy atom. The van der Waals surface area contributed by atoms with E-state index in [2.05, 4.69) is 51.5 Å². The van der Waals surface area contributed by atoms with Crippen molar-refractivity contribution in [3.8, 4) is 5.75 Å². The van der Waals surface area contributed by atoms with E-state index in [4.69, 9.17) is 9.72 Å². The van der Waals surface area contributed by atoms with Crippen molar-refractivity contribution in [3.05, 3.63) is 65.9 Å². The summed E-state index contributed by atoms with van der Waals surface area (Å²) < 4.78 is 5.99. The maximum Gasteiger partial charge on any atom is 0.224 e. The van der Waals surface area contributed by atoms with Gasteiger partial charge in [0.2, 0.25) is 5.91 Å². The molecule has 1 aromatic heterocycles. The number of para-hydroxylation sites is 1. The lowest BCUT2D eigenvalue weighted by atomic mass is 10.0. The number of carbonyl (C=O) groups is 1. The van der Waals surface area contributed by atoms with E-state index < -0.39 is 0 Å². The first-order valence-electron chi connectivity index (χ1n) is 11.1. The van der Waals surface area contributed by atoms with Crippen LogP contribution in [0.4, 0.5) is 5.69 Å². The minimum absolute atomic E-state index is 0.0942. The number of carbonyl (C=O) groups excluding carboxylic acids is 1. The molecular weight excluding hydrogens is 388 g/mol. The van der Waals surface area contributed by atoms with Crippen molar-refractivity contribution in [1.29, 1.82) is 0 Å². The highest BCUT2D eigenvalue weighted by Gasteiger charge is 2.18. The Bertz CT molecular complexity index is 1080. The van der Waals surface area contributed by atoms with Crippen LogP contribution >= 0.6 is 0 Å². The van der Waals surface area contributed by atoms with Crippen molar-refractivity contribution in [2.24, 2.45) is 0 Å². The minimum Gasteiger partial charge on any atom is -0.492 e. The molecule has 0 radical (unpaired) electrons. The summed E-state index contributed by atoms with van der Waals surface area (Å²) in [6.45, 7) is 6.70. The summed E-state index contributed by atoms with van der Waals surface area (Å²) in [5.41, 5.74) is 4.29. The number of anilines is 1. The van der Waals surface area contributed by atoms with Gasteiger partial charge in [-0.15, -0.1) is 0 Å². The standard InChI is InChI=1S/C25H28N4O2/c30-25-10-6-20-17-22(8-9-24(20)27-25)31-16-15-28-11-13-29(14-12-28)18-21-7-5-19-3-1-2-4-23(19)26-21/h1-5,7-9,17H,6,10-16,18H2,(H,27,30). The Hall–Kier alpha value is -2.96. The van der Waals surface area contributed by atoms with Crippen LogP contribution in [0.1, 0.15) is 17.7 Å². The van der Waals surface area contributed by atoms with Crippen LogP contribution in [-0.4, -0.2) is 60.0 Å². The van der Waals surface area contributed by atoms with Gasteiger partial charge in [-0.1, -0.05) is 24.3 Å². The number of hydrogen-bond acceptors (Lipinski definition) is 5. The summed E-state index contributed by atoms with van der Waals surface area (Å²) in [4.78, 5) is 21.2. The number of hydrogen-bond donors (Lipinski definition) is 1. The fourth-order valence-electron chi connectivity index (χ4n) is 4.34. The third-order valence-electron chi connectivity index (χ3n) is 6.16. The van der Waals surface area contributed by atoms with Crippen molar-refractivity contribution < 1.29 is 9.53 Å². The quantitative estimate of drug-likeness (QED) is 0.668. The smallest absolute Gasteiger partial charge is 0.224 e. The molecular formula is C25H28N4O2. The van der Waals surface area contributed by atoms with Gasteiger partial charge in [-0.05, 0) is 42.3 Å². The molecule has 5 rings (SSSR count). The molecule has 3 aromatic rings. The Morgan fingerprint density at radius 2 is 1.77 bits per heavy atom. The van der Waals surface area contributed by atoms with Gasteiger partial charge in [0.25, 0.3) is 0 Å². The number of rotatable bonds is 6. The van der Waals surface area contributed by atoms with E-state index >= 15 is 0 Å². The Labute approximate surface area is 182 Å². The number of nitrogens with one attached hydrogen (secondary N) is 1. The second kappa shape index (κ2) is 9.04. The molecule has 2 aromatic carbocycles. The lowest BCUT2D eigenvalue weighted by molar-refractivity contribution is -0.116. The molecule has 0 unspecified atom stereocenters. The van der Waals surface area contributed by atoms with Crippen LogP contribution in [0.2, 0.25) is 0 Å². The fourth-order valence-corrected chi connectivity index (χ4v) is 4.34. The topological polar surface area (TPSA) is 57.7 Å². The third kappa shape index (κ3) is 4.86. The maximum atomic E-state index is 11.5. The van der Waals surface area contributed by atoms with Gasteiger partial charge in [0.1, 0.15) is 12.4 Å². The minimum atomic E-state index is 0.0942. The first-order chi connectivity index (χ1) is 15.2. The molecule has 1 amide bonds. The second-order valence-electron chi connectivity index (χ2n) is 8.33. The van der Waals surface area contributed by atoms with Crippen molar-refractivity contribution in [2.75, 3.05) is 44.6 Å². The van der Waals surface area contributed by atoms with Crippen molar-refractivity contribution in [3.63, 3.8) is 0 Å². The first kappa shape index (κ1) is 20.0. The van der Waals surface area contributed by atoms with E-state index in [1.165, 1.54) is 5.39 Å². The number of aromatic nitrogens is 1. The van der Waals surface area contributed by atoms with Crippen molar-refractivity contribution in [1.82, 2.24) is 14.8 Å². The van der Waals surface area contributed by atoms with Gasteiger partial charge < -0.3 is 10.1 Å². The summed E-state index contributed by atoms with van der Waals surface area (Å²) in [6.07, 6.45) is 1.34. The van der Waals surface area contributed by atoms with Crippen LogP contribution < -0.4 is 10.1 Å². The molecule has 160 valence electrons. The molecule has 6 heteroatoms. The zero-order chi connectivity index (χ0) is 21.0. The zero-order valence-corrected chi connectivity index (χ0v) is 17.7. The molecule has 1 saturated heterocycles. The molecule has 0 saturated carbocycles. The van der Waals surface area contributed by atoms with E-state index in [1.807, 2.05) is 18.2 Å². The summed E-state index contributed by atoms with van der Waals surface area (Å²) in [6, 6.07) is 18.5. The lowest BCUT2D eigenvalue weighted by Crippen LogP contribution is -2.47. The number of amides is 1. The molecule has 3 heterocycles. The highest BCUT2D eigenvalue weighted by Crippen LogP contribution is 2.26. The molecule has 6 nitrogen and oxygen atoms in total. The number of ether oxygens (including phenoxy) is 1. The van der Waals surface area contributed by atoms with E-state index in [0.29, 0.717) is 13.0 Å². The summed E-state index contributed by atoms with van der Waals surface area (Å²) in [5.74, 6) is 0.979. The van der Waals surface area contributed by atoms with Crippen LogP contribution in [0.5, 0.6) is 5.75 Å². The van der Waals surface area contributed by atoms with Crippen molar-refractivity contribution >= 4 is 22.5 Å². The predicted octanol–water partition coefficient (Wildman–Crippen LogP) is 3.32. The van der Waals surface area contributed by atoms with Gasteiger partial charge in [0.05, 0.1) is 11.2 Å². The van der Waals surface area contributed by atoms with Gasteiger partial charge in [-0.2, -0.15) is 0 Å². The molecule has 0 bridgehead atoms. The zero-order valence-electron chi connectivity index (χ0n) is 17.7. The van der Waals surface area contributed by atoms with Gasteiger partial charge in [0.15, 0.2) is 0 Å². The van der Waals surface area contributed by atoms with E-state index in [-0.39, 0.29) is 5.91 Å². The molecule has 1 N–H and O–H groups in total. The number of benzene rings is 2. The first-order valence-corrected chi connectivity index (χ1v) is 11.1. The number of piperazine rings is 1. The Morgan fingerprint density at radius 3 is 2.68 bits per heavy atom. The van der Waals surface area contributed by atoms with Gasteiger partial charge >= 0.3 is 0 Å². The molecule has 0 spiro atoms. The molecule has 0 aliphatic carbocycles. The predicted molar refractivity (Wildman–Crippen MR) is 122 cm³/mol. The van der Waals surface area contributed by atoms with Gasteiger partial charge in [0, 0.05) is 56.8 Å². The van der Waals surface area contributed by atoms with Crippen LogP contribution in [0.15, 0.2) is 54.6 Å². The highest BCUT2D eigenvalue weighted by atomic mass is 16.5. The second-order valence-corrected chi connectivity index (χ2v) is 8.33. The van der Waals surface area contributed by atoms with Crippen LogP contribution in [0.3, 0.4) is 0 Å². The molecule has 2 aliphatic heterocycles. The van der Waals surface area contributed by atoms with Crippen LogP contribution in [-0.2, 0) is 17.8 Å². The Balaban J connectivity index is 1.07. The Kier molecular flexibility index (Phi) is 5.82. The average molecular weight is 417 g/mol. The summed E-state index contributed by atoms with van der Waals surface area (Å²) >= 11 is 0. The van der Waals surface area contributed by atoms with Crippen LogP contribution in [0.25, 0.3) is 10.9 Å².